The molecule has 0 atom stereocenters. The maximum absolute atomic E-state index is 13.2. The number of hydrogen-bond acceptors (Lipinski definition) is 7. The summed E-state index contributed by atoms with van der Waals surface area (Å²) in [6.45, 7) is 2.67. The fraction of sp³-hybridized carbons (Fsp3) is 0.240. The van der Waals surface area contributed by atoms with Gasteiger partial charge in [-0.2, -0.15) is 0 Å². The molecular formula is C25H25N5O5. The van der Waals surface area contributed by atoms with E-state index in [1.54, 1.807) is 56.8 Å². The summed E-state index contributed by atoms with van der Waals surface area (Å²) in [5, 5.41) is 3.01. The molecule has 35 heavy (non-hydrogen) atoms. The number of hydrogen-bond donors (Lipinski definition) is 1. The van der Waals surface area contributed by atoms with E-state index in [4.69, 9.17) is 9.47 Å². The van der Waals surface area contributed by atoms with Gasteiger partial charge >= 0.3 is 5.69 Å². The second-order valence-electron chi connectivity index (χ2n) is 7.79. The molecule has 0 saturated heterocycles. The highest BCUT2D eigenvalue weighted by atomic mass is 16.5. The quantitative estimate of drug-likeness (QED) is 0.413. The summed E-state index contributed by atoms with van der Waals surface area (Å²) in [6.07, 6.45) is 2.97. The van der Waals surface area contributed by atoms with Crippen molar-refractivity contribution < 1.29 is 14.3 Å². The van der Waals surface area contributed by atoms with Crippen LogP contribution in [0.2, 0.25) is 0 Å². The van der Waals surface area contributed by atoms with Gasteiger partial charge in [0.15, 0.2) is 0 Å². The van der Waals surface area contributed by atoms with Crippen LogP contribution in [0, 0.1) is 0 Å². The predicted octanol–water partition coefficient (Wildman–Crippen LogP) is 1.88. The Kier molecular flexibility index (Phi) is 6.91. The zero-order valence-corrected chi connectivity index (χ0v) is 19.6. The van der Waals surface area contributed by atoms with Gasteiger partial charge in [-0.05, 0) is 42.3 Å². The number of methoxy groups -OCH3 is 1. The molecule has 1 N–H and O–H groups in total. The average molecular weight is 476 g/mol. The molecule has 4 aromatic rings. The standard InChI is InChI=1S/C25H25N5O5/c1-4-35-22-11-17(9-10-26-22)13-28-23(31)20-12-19-21(14-27-20)29(2)25(33)30(24(19)32)15-16-5-7-18(34-3)8-6-16/h5-12,14H,4,13,15H2,1-3H3,(H,28,31). The van der Waals surface area contributed by atoms with Crippen LogP contribution >= 0.6 is 0 Å². The Hall–Kier alpha value is -4.47. The van der Waals surface area contributed by atoms with E-state index < -0.39 is 17.2 Å². The smallest absolute Gasteiger partial charge is 0.331 e. The number of aryl methyl sites for hydroxylation is 1. The Labute approximate surface area is 200 Å². The second-order valence-corrected chi connectivity index (χ2v) is 7.79. The first-order chi connectivity index (χ1) is 16.9. The molecule has 4 rings (SSSR count). The van der Waals surface area contributed by atoms with Crippen LogP contribution in [-0.4, -0.2) is 38.7 Å². The summed E-state index contributed by atoms with van der Waals surface area (Å²) in [6, 6.07) is 12.0. The van der Waals surface area contributed by atoms with Crippen molar-refractivity contribution in [3.63, 3.8) is 0 Å². The Morgan fingerprint density at radius 3 is 2.54 bits per heavy atom. The summed E-state index contributed by atoms with van der Waals surface area (Å²) in [5.74, 6) is 0.702. The highest BCUT2D eigenvalue weighted by Gasteiger charge is 2.15. The number of aromatic nitrogens is 4. The molecule has 0 radical (unpaired) electrons. The number of ether oxygens (including phenoxy) is 2. The lowest BCUT2D eigenvalue weighted by Gasteiger charge is -2.12. The van der Waals surface area contributed by atoms with E-state index in [0.29, 0.717) is 23.8 Å². The zero-order valence-electron chi connectivity index (χ0n) is 19.6. The van der Waals surface area contributed by atoms with Gasteiger partial charge in [0.1, 0.15) is 11.4 Å². The Bertz CT molecular complexity index is 1490. The van der Waals surface area contributed by atoms with E-state index in [0.717, 1.165) is 15.7 Å². The van der Waals surface area contributed by atoms with Crippen LogP contribution in [-0.2, 0) is 20.1 Å². The second kappa shape index (κ2) is 10.2. The fourth-order valence-corrected chi connectivity index (χ4v) is 3.64. The molecule has 0 aliphatic rings. The molecule has 0 fully saturated rings. The van der Waals surface area contributed by atoms with Crippen molar-refractivity contribution in [2.45, 2.75) is 20.0 Å². The number of fused-ring (bicyclic) bond motifs is 1. The molecule has 0 saturated carbocycles. The van der Waals surface area contributed by atoms with Gasteiger partial charge in [-0.1, -0.05) is 12.1 Å². The van der Waals surface area contributed by atoms with Crippen LogP contribution in [0.4, 0.5) is 0 Å². The third kappa shape index (κ3) is 5.06. The van der Waals surface area contributed by atoms with E-state index in [-0.39, 0.29) is 24.2 Å². The van der Waals surface area contributed by atoms with Gasteiger partial charge in [0.05, 0.1) is 37.4 Å². The molecule has 1 amide bonds. The van der Waals surface area contributed by atoms with Crippen LogP contribution in [0.15, 0.2) is 64.4 Å². The summed E-state index contributed by atoms with van der Waals surface area (Å²) in [4.78, 5) is 47.1. The monoisotopic (exact) mass is 475 g/mol. The molecule has 180 valence electrons. The minimum Gasteiger partial charge on any atom is -0.497 e. The van der Waals surface area contributed by atoms with Gasteiger partial charge in [-0.25, -0.2) is 14.8 Å². The van der Waals surface area contributed by atoms with Gasteiger partial charge in [0, 0.05) is 25.9 Å². The first-order valence-electron chi connectivity index (χ1n) is 11.0. The predicted molar refractivity (Wildman–Crippen MR) is 130 cm³/mol. The van der Waals surface area contributed by atoms with E-state index in [9.17, 15) is 14.4 Å². The van der Waals surface area contributed by atoms with Crippen molar-refractivity contribution in [3.05, 3.63) is 92.5 Å². The number of benzene rings is 1. The molecular weight excluding hydrogens is 450 g/mol. The zero-order chi connectivity index (χ0) is 24.9. The molecule has 10 nitrogen and oxygen atoms in total. The molecule has 0 aliphatic carbocycles. The number of pyridine rings is 2. The average Bonchev–Trinajstić information content (AvgIpc) is 2.89. The van der Waals surface area contributed by atoms with Gasteiger partial charge in [-0.15, -0.1) is 0 Å². The van der Waals surface area contributed by atoms with E-state index in [2.05, 4.69) is 15.3 Å². The molecule has 3 aromatic heterocycles. The highest BCUT2D eigenvalue weighted by molar-refractivity contribution is 5.95. The highest BCUT2D eigenvalue weighted by Crippen LogP contribution is 2.13. The number of carbonyl (C=O) groups excluding carboxylic acids is 1. The molecule has 0 aliphatic heterocycles. The SMILES string of the molecule is CCOc1cc(CNC(=O)c2cc3c(=O)n(Cc4ccc(OC)cc4)c(=O)n(C)c3cn2)ccn1. The summed E-state index contributed by atoms with van der Waals surface area (Å²) >= 11 is 0. The molecule has 0 spiro atoms. The van der Waals surface area contributed by atoms with Crippen molar-refractivity contribution in [2.75, 3.05) is 13.7 Å². The van der Waals surface area contributed by atoms with Crippen LogP contribution in [0.25, 0.3) is 10.9 Å². The van der Waals surface area contributed by atoms with Crippen molar-refractivity contribution in [1.82, 2.24) is 24.4 Å². The number of nitrogens with one attached hydrogen (secondary N) is 1. The lowest BCUT2D eigenvalue weighted by Crippen LogP contribution is -2.39. The van der Waals surface area contributed by atoms with Crippen LogP contribution < -0.4 is 26.0 Å². The van der Waals surface area contributed by atoms with Crippen molar-refractivity contribution in [1.29, 1.82) is 0 Å². The van der Waals surface area contributed by atoms with Crippen molar-refractivity contribution in [2.24, 2.45) is 7.05 Å². The third-order valence-corrected chi connectivity index (χ3v) is 5.51. The Morgan fingerprint density at radius 2 is 1.83 bits per heavy atom. The Balaban J connectivity index is 1.62. The Morgan fingerprint density at radius 1 is 1.06 bits per heavy atom. The first-order valence-corrected chi connectivity index (χ1v) is 11.0. The van der Waals surface area contributed by atoms with E-state index in [1.807, 2.05) is 6.92 Å². The van der Waals surface area contributed by atoms with E-state index >= 15 is 0 Å². The van der Waals surface area contributed by atoms with Crippen molar-refractivity contribution in [3.8, 4) is 11.6 Å². The van der Waals surface area contributed by atoms with Crippen LogP contribution in [0.5, 0.6) is 11.6 Å². The molecule has 0 unspecified atom stereocenters. The summed E-state index contributed by atoms with van der Waals surface area (Å²) < 4.78 is 13.0. The van der Waals surface area contributed by atoms with Crippen molar-refractivity contribution >= 4 is 16.8 Å². The first kappa shape index (κ1) is 23.7. The summed E-state index contributed by atoms with van der Waals surface area (Å²) in [5.41, 5.74) is 1.02. The maximum atomic E-state index is 13.2. The third-order valence-electron chi connectivity index (χ3n) is 5.51. The van der Waals surface area contributed by atoms with Gasteiger partial charge in [-0.3, -0.25) is 18.7 Å². The van der Waals surface area contributed by atoms with Crippen LogP contribution in [0.3, 0.4) is 0 Å². The number of amides is 1. The summed E-state index contributed by atoms with van der Waals surface area (Å²) in [7, 11) is 3.13. The van der Waals surface area contributed by atoms with Gasteiger partial charge in [0.25, 0.3) is 11.5 Å². The van der Waals surface area contributed by atoms with Gasteiger partial charge < -0.3 is 14.8 Å². The lowest BCUT2D eigenvalue weighted by atomic mass is 10.2. The number of rotatable bonds is 8. The van der Waals surface area contributed by atoms with E-state index in [1.165, 1.54) is 16.8 Å². The molecule has 1 aromatic carbocycles. The topological polar surface area (TPSA) is 117 Å². The maximum Gasteiger partial charge on any atom is 0.331 e. The van der Waals surface area contributed by atoms with Crippen LogP contribution in [0.1, 0.15) is 28.5 Å². The number of nitrogens with zero attached hydrogens (tertiary/aromatic N) is 4. The number of carbonyl (C=O) groups is 1. The largest absolute Gasteiger partial charge is 0.497 e. The fourth-order valence-electron chi connectivity index (χ4n) is 3.64. The molecule has 0 bridgehead atoms. The minimum absolute atomic E-state index is 0.0725. The molecule has 3 heterocycles. The normalized spacial score (nSPS) is 10.8. The molecule has 10 heteroatoms. The lowest BCUT2D eigenvalue weighted by molar-refractivity contribution is 0.0946. The van der Waals surface area contributed by atoms with Gasteiger partial charge in [0.2, 0.25) is 5.88 Å². The minimum atomic E-state index is -0.495.